The largest absolute Gasteiger partial charge is 0.353 e. The van der Waals surface area contributed by atoms with E-state index in [1.54, 1.807) is 0 Å². The van der Waals surface area contributed by atoms with Gasteiger partial charge in [-0.2, -0.15) is 0 Å². The molecular formula is C18H23N5. The van der Waals surface area contributed by atoms with Crippen LogP contribution in [0.3, 0.4) is 0 Å². The molecule has 3 aromatic rings. The molecule has 4 heterocycles. The third-order valence-corrected chi connectivity index (χ3v) is 4.92. The predicted octanol–water partition coefficient (Wildman–Crippen LogP) is 2.78. The van der Waals surface area contributed by atoms with Crippen LogP contribution in [0.4, 0.5) is 0 Å². The fourth-order valence-electron chi connectivity index (χ4n) is 3.68. The van der Waals surface area contributed by atoms with Gasteiger partial charge in [0, 0.05) is 50.7 Å². The molecule has 120 valence electrons. The van der Waals surface area contributed by atoms with Crippen molar-refractivity contribution in [1.82, 2.24) is 24.0 Å². The lowest BCUT2D eigenvalue weighted by Gasteiger charge is -2.17. The Kier molecular flexibility index (Phi) is 3.65. The standard InChI is InChI=1S/C18H23N5/c1-3-23-17(20-16-7-4-9-19-18(16)23)14-8-11-22(12-14)13-15-6-5-10-21(15)2/h4-7,9-10,14H,3,8,11-13H2,1-2H3/t14-/m1/s1. The van der Waals surface area contributed by atoms with E-state index in [2.05, 4.69) is 57.4 Å². The summed E-state index contributed by atoms with van der Waals surface area (Å²) in [6.07, 6.45) is 5.15. The van der Waals surface area contributed by atoms with E-state index in [1.165, 1.54) is 17.9 Å². The Balaban J connectivity index is 1.57. The highest BCUT2D eigenvalue weighted by Crippen LogP contribution is 2.29. The summed E-state index contributed by atoms with van der Waals surface area (Å²) in [5.41, 5.74) is 3.41. The first-order valence-electron chi connectivity index (χ1n) is 8.40. The minimum absolute atomic E-state index is 0.504. The molecule has 5 nitrogen and oxygen atoms in total. The molecule has 0 bridgehead atoms. The van der Waals surface area contributed by atoms with Crippen LogP contribution in [0.15, 0.2) is 36.7 Å². The Morgan fingerprint density at radius 1 is 1.26 bits per heavy atom. The number of hydrogen-bond acceptors (Lipinski definition) is 3. The van der Waals surface area contributed by atoms with Crippen molar-refractivity contribution in [1.29, 1.82) is 0 Å². The number of nitrogens with zero attached hydrogens (tertiary/aromatic N) is 5. The minimum atomic E-state index is 0.504. The molecule has 0 saturated carbocycles. The highest BCUT2D eigenvalue weighted by Gasteiger charge is 2.28. The van der Waals surface area contributed by atoms with Gasteiger partial charge in [-0.3, -0.25) is 4.90 Å². The van der Waals surface area contributed by atoms with Crippen molar-refractivity contribution < 1.29 is 0 Å². The normalized spacial score (nSPS) is 19.0. The van der Waals surface area contributed by atoms with Crippen molar-refractivity contribution >= 4 is 11.2 Å². The van der Waals surface area contributed by atoms with Gasteiger partial charge in [-0.05, 0) is 44.2 Å². The second kappa shape index (κ2) is 5.81. The highest BCUT2D eigenvalue weighted by molar-refractivity contribution is 5.71. The lowest BCUT2D eigenvalue weighted by Crippen LogP contribution is -2.21. The summed E-state index contributed by atoms with van der Waals surface area (Å²) in [6, 6.07) is 8.35. The first kappa shape index (κ1) is 14.5. The monoisotopic (exact) mass is 309 g/mol. The summed E-state index contributed by atoms with van der Waals surface area (Å²) in [7, 11) is 2.12. The molecule has 0 amide bonds. The predicted molar refractivity (Wildman–Crippen MR) is 91.3 cm³/mol. The SMILES string of the molecule is CCn1c([C@@H]2CCN(Cc3cccn3C)C2)nc2cccnc21. The molecule has 5 heteroatoms. The summed E-state index contributed by atoms with van der Waals surface area (Å²) >= 11 is 0. The fraction of sp³-hybridized carbons (Fsp3) is 0.444. The van der Waals surface area contributed by atoms with E-state index in [-0.39, 0.29) is 0 Å². The summed E-state index contributed by atoms with van der Waals surface area (Å²) in [5.74, 6) is 1.71. The summed E-state index contributed by atoms with van der Waals surface area (Å²) in [5, 5.41) is 0. The molecule has 4 rings (SSSR count). The van der Waals surface area contributed by atoms with Crippen molar-refractivity contribution in [3.05, 3.63) is 48.2 Å². The maximum absolute atomic E-state index is 4.88. The second-order valence-electron chi connectivity index (χ2n) is 6.39. The van der Waals surface area contributed by atoms with Gasteiger partial charge >= 0.3 is 0 Å². The molecule has 23 heavy (non-hydrogen) atoms. The Labute approximate surface area is 136 Å². The third kappa shape index (κ3) is 2.55. The van der Waals surface area contributed by atoms with E-state index in [4.69, 9.17) is 4.98 Å². The molecule has 1 atom stereocenters. The van der Waals surface area contributed by atoms with Crippen molar-refractivity contribution in [3.63, 3.8) is 0 Å². The summed E-state index contributed by atoms with van der Waals surface area (Å²) < 4.78 is 4.49. The smallest absolute Gasteiger partial charge is 0.159 e. The number of aryl methyl sites for hydroxylation is 2. The van der Waals surface area contributed by atoms with Crippen LogP contribution in [0.25, 0.3) is 11.2 Å². The fourth-order valence-corrected chi connectivity index (χ4v) is 3.68. The Bertz CT molecular complexity index is 816. The first-order chi connectivity index (χ1) is 11.3. The van der Waals surface area contributed by atoms with Crippen molar-refractivity contribution in [2.24, 2.45) is 7.05 Å². The maximum atomic E-state index is 4.88. The lowest BCUT2D eigenvalue weighted by atomic mass is 10.1. The van der Waals surface area contributed by atoms with E-state index in [0.717, 1.165) is 37.3 Å². The van der Waals surface area contributed by atoms with Gasteiger partial charge in [-0.25, -0.2) is 9.97 Å². The molecule has 3 aromatic heterocycles. The molecule has 1 aliphatic rings. The van der Waals surface area contributed by atoms with Crippen LogP contribution in [0.5, 0.6) is 0 Å². The second-order valence-corrected chi connectivity index (χ2v) is 6.39. The van der Waals surface area contributed by atoms with Crippen LogP contribution in [-0.4, -0.2) is 37.1 Å². The van der Waals surface area contributed by atoms with Gasteiger partial charge in [0.1, 0.15) is 11.3 Å². The molecule has 0 N–H and O–H groups in total. The van der Waals surface area contributed by atoms with Gasteiger partial charge in [-0.1, -0.05) is 0 Å². The van der Waals surface area contributed by atoms with E-state index in [9.17, 15) is 0 Å². The van der Waals surface area contributed by atoms with Gasteiger partial charge in [0.25, 0.3) is 0 Å². The zero-order chi connectivity index (χ0) is 15.8. The molecule has 0 spiro atoms. The molecule has 1 saturated heterocycles. The number of imidazole rings is 1. The Morgan fingerprint density at radius 3 is 2.96 bits per heavy atom. The van der Waals surface area contributed by atoms with Crippen molar-refractivity contribution in [2.45, 2.75) is 32.4 Å². The van der Waals surface area contributed by atoms with Crippen LogP contribution >= 0.6 is 0 Å². The Morgan fingerprint density at radius 2 is 2.17 bits per heavy atom. The molecule has 0 aromatic carbocycles. The zero-order valence-corrected chi connectivity index (χ0v) is 13.8. The molecule has 0 radical (unpaired) electrons. The van der Waals surface area contributed by atoms with Crippen LogP contribution in [0.1, 0.15) is 30.8 Å². The summed E-state index contributed by atoms with van der Waals surface area (Å²) in [4.78, 5) is 11.9. The molecule has 1 fully saturated rings. The summed E-state index contributed by atoms with van der Waals surface area (Å²) in [6.45, 7) is 6.34. The topological polar surface area (TPSA) is 38.9 Å². The van der Waals surface area contributed by atoms with Crippen LogP contribution in [0.2, 0.25) is 0 Å². The van der Waals surface area contributed by atoms with Gasteiger partial charge in [0.15, 0.2) is 5.65 Å². The maximum Gasteiger partial charge on any atom is 0.159 e. The van der Waals surface area contributed by atoms with E-state index in [1.807, 2.05) is 12.3 Å². The van der Waals surface area contributed by atoms with Crippen LogP contribution < -0.4 is 0 Å². The molecule has 1 aliphatic heterocycles. The lowest BCUT2D eigenvalue weighted by molar-refractivity contribution is 0.317. The van der Waals surface area contributed by atoms with E-state index in [0.29, 0.717) is 5.92 Å². The quantitative estimate of drug-likeness (QED) is 0.744. The number of likely N-dealkylation sites (tertiary alicyclic amines) is 1. The van der Waals surface area contributed by atoms with Crippen molar-refractivity contribution in [3.8, 4) is 0 Å². The van der Waals surface area contributed by atoms with E-state index < -0.39 is 0 Å². The van der Waals surface area contributed by atoms with Gasteiger partial charge in [-0.15, -0.1) is 0 Å². The van der Waals surface area contributed by atoms with Gasteiger partial charge in [0.05, 0.1) is 0 Å². The number of aromatic nitrogens is 4. The highest BCUT2D eigenvalue weighted by atomic mass is 15.2. The van der Waals surface area contributed by atoms with E-state index >= 15 is 0 Å². The zero-order valence-electron chi connectivity index (χ0n) is 13.8. The van der Waals surface area contributed by atoms with Gasteiger partial charge in [0.2, 0.25) is 0 Å². The van der Waals surface area contributed by atoms with Gasteiger partial charge < -0.3 is 9.13 Å². The minimum Gasteiger partial charge on any atom is -0.353 e. The number of pyridine rings is 1. The van der Waals surface area contributed by atoms with Crippen LogP contribution in [-0.2, 0) is 20.1 Å². The molecule has 0 unspecified atom stereocenters. The van der Waals surface area contributed by atoms with Crippen molar-refractivity contribution in [2.75, 3.05) is 13.1 Å². The Hall–Kier alpha value is -2.14. The first-order valence-corrected chi connectivity index (χ1v) is 8.40. The third-order valence-electron chi connectivity index (χ3n) is 4.92. The molecular weight excluding hydrogens is 286 g/mol. The molecule has 0 aliphatic carbocycles. The van der Waals surface area contributed by atoms with Crippen LogP contribution in [0, 0.1) is 0 Å². The number of rotatable bonds is 4. The average Bonchev–Trinajstić information content (AvgIpc) is 3.26. The number of fused-ring (bicyclic) bond motifs is 1. The average molecular weight is 309 g/mol. The number of hydrogen-bond donors (Lipinski definition) is 0.